The van der Waals surface area contributed by atoms with Gasteiger partial charge < -0.3 is 18.6 Å². The van der Waals surface area contributed by atoms with Crippen molar-refractivity contribution >= 4 is 27.9 Å². The van der Waals surface area contributed by atoms with Crippen LogP contribution in [0.25, 0.3) is 22.1 Å². The molecule has 9 heteroatoms. The molecule has 0 bridgehead atoms. The fourth-order valence-electron chi connectivity index (χ4n) is 3.87. The molecule has 9 nitrogen and oxygen atoms in total. The number of benzene rings is 1. The molecule has 30 heavy (non-hydrogen) atoms. The zero-order valence-corrected chi connectivity index (χ0v) is 17.1. The van der Waals surface area contributed by atoms with E-state index in [4.69, 9.17) is 13.7 Å². The fourth-order valence-corrected chi connectivity index (χ4v) is 3.87. The fraction of sp³-hybridized carbons (Fsp3) is 0.429. The van der Waals surface area contributed by atoms with Crippen molar-refractivity contribution in [3.8, 4) is 0 Å². The molecule has 1 atom stereocenters. The van der Waals surface area contributed by atoms with E-state index in [1.165, 1.54) is 0 Å². The molecule has 0 amide bonds. The van der Waals surface area contributed by atoms with Crippen molar-refractivity contribution in [1.82, 2.24) is 25.0 Å². The number of para-hydroxylation sites is 1. The van der Waals surface area contributed by atoms with Crippen LogP contribution in [0.15, 0.2) is 39.5 Å². The Bertz CT molecular complexity index is 1160. The lowest BCUT2D eigenvalue weighted by Gasteiger charge is -2.21. The van der Waals surface area contributed by atoms with Gasteiger partial charge in [-0.25, -0.2) is 9.97 Å². The molecule has 0 spiro atoms. The summed E-state index contributed by atoms with van der Waals surface area (Å²) in [6.45, 7) is 6.07. The van der Waals surface area contributed by atoms with Crippen LogP contribution in [0, 0.1) is 0 Å². The van der Waals surface area contributed by atoms with E-state index in [9.17, 15) is 0 Å². The van der Waals surface area contributed by atoms with Gasteiger partial charge in [0, 0.05) is 38.7 Å². The predicted octanol–water partition coefficient (Wildman–Crippen LogP) is 3.18. The Morgan fingerprint density at radius 1 is 1.13 bits per heavy atom. The number of furan rings is 1. The van der Waals surface area contributed by atoms with Crippen molar-refractivity contribution in [1.29, 1.82) is 0 Å². The molecular weight excluding hydrogens is 384 g/mol. The van der Waals surface area contributed by atoms with Crippen molar-refractivity contribution in [2.45, 2.75) is 26.0 Å². The van der Waals surface area contributed by atoms with Gasteiger partial charge in [0.2, 0.25) is 5.89 Å². The van der Waals surface area contributed by atoms with Gasteiger partial charge in [0.05, 0.1) is 6.54 Å². The first-order valence-electron chi connectivity index (χ1n) is 10.2. The number of rotatable bonds is 5. The Hall–Kier alpha value is -3.04. The quantitative estimate of drug-likeness (QED) is 0.493. The summed E-state index contributed by atoms with van der Waals surface area (Å²) in [5.74, 6) is 2.05. The summed E-state index contributed by atoms with van der Waals surface area (Å²) in [4.78, 5) is 18.1. The number of hydrogen-bond acceptors (Lipinski definition) is 9. The van der Waals surface area contributed by atoms with Gasteiger partial charge in [-0.1, -0.05) is 17.3 Å². The molecule has 4 heterocycles. The third kappa shape index (κ3) is 3.50. The number of fused-ring (bicyclic) bond motifs is 3. The Balaban J connectivity index is 1.33. The molecule has 1 fully saturated rings. The largest absolute Gasteiger partial charge is 0.450 e. The minimum absolute atomic E-state index is 0.175. The number of hydrogen-bond donors (Lipinski definition) is 0. The molecule has 1 aromatic carbocycles. The maximum Gasteiger partial charge on any atom is 0.240 e. The van der Waals surface area contributed by atoms with E-state index in [2.05, 4.69) is 29.9 Å². The molecule has 4 aromatic rings. The minimum atomic E-state index is -0.175. The van der Waals surface area contributed by atoms with E-state index in [0.29, 0.717) is 18.3 Å². The van der Waals surface area contributed by atoms with Gasteiger partial charge in [-0.15, -0.1) is 0 Å². The lowest BCUT2D eigenvalue weighted by molar-refractivity contribution is 0.109. The summed E-state index contributed by atoms with van der Waals surface area (Å²) < 4.78 is 16.8. The second kappa shape index (κ2) is 8.00. The van der Waals surface area contributed by atoms with Crippen LogP contribution in [0.1, 0.15) is 31.2 Å². The highest BCUT2D eigenvalue weighted by Gasteiger charge is 2.22. The Morgan fingerprint density at radius 2 is 2.03 bits per heavy atom. The molecule has 1 unspecified atom stereocenters. The highest BCUT2D eigenvalue weighted by molar-refractivity contribution is 6.05. The topological polar surface area (TPSA) is 93.6 Å². The molecule has 156 valence electrons. The normalized spacial score (nSPS) is 16.9. The number of ether oxygens (including phenoxy) is 1. The van der Waals surface area contributed by atoms with Crippen molar-refractivity contribution < 1.29 is 13.7 Å². The van der Waals surface area contributed by atoms with Gasteiger partial charge in [-0.2, -0.15) is 4.98 Å². The zero-order chi connectivity index (χ0) is 20.5. The standard InChI is InChI=1S/C21H24N6O3/c1-14(28-2)20-24-17(30-25-20)12-26-8-5-9-27(11-10-26)21-19-18(22-13-23-21)15-6-3-4-7-16(15)29-19/h3-4,6-7,13-14H,5,8-12H2,1-2H3. The predicted molar refractivity (Wildman–Crippen MR) is 111 cm³/mol. The van der Waals surface area contributed by atoms with Crippen LogP contribution >= 0.6 is 0 Å². The second-order valence-electron chi connectivity index (χ2n) is 7.51. The molecule has 0 radical (unpaired) electrons. The number of methoxy groups -OCH3 is 1. The number of anilines is 1. The van der Waals surface area contributed by atoms with E-state index >= 15 is 0 Å². The van der Waals surface area contributed by atoms with Crippen LogP contribution in [-0.2, 0) is 11.3 Å². The van der Waals surface area contributed by atoms with Gasteiger partial charge in [-0.05, 0) is 25.5 Å². The number of aromatic nitrogens is 4. The third-order valence-corrected chi connectivity index (χ3v) is 5.59. The molecule has 0 N–H and O–H groups in total. The molecule has 1 aliphatic heterocycles. The van der Waals surface area contributed by atoms with Gasteiger partial charge >= 0.3 is 0 Å². The van der Waals surface area contributed by atoms with E-state index in [0.717, 1.165) is 60.5 Å². The maximum atomic E-state index is 6.11. The summed E-state index contributed by atoms with van der Waals surface area (Å²) in [5.41, 5.74) is 2.45. The van der Waals surface area contributed by atoms with Crippen LogP contribution in [-0.4, -0.2) is 58.3 Å². The average Bonchev–Trinajstić information content (AvgIpc) is 3.32. The summed E-state index contributed by atoms with van der Waals surface area (Å²) in [5, 5.41) is 5.03. The van der Waals surface area contributed by atoms with Crippen LogP contribution in [0.5, 0.6) is 0 Å². The van der Waals surface area contributed by atoms with E-state index in [-0.39, 0.29) is 6.10 Å². The number of nitrogens with zero attached hydrogens (tertiary/aromatic N) is 6. The summed E-state index contributed by atoms with van der Waals surface area (Å²) in [7, 11) is 1.64. The van der Waals surface area contributed by atoms with E-state index < -0.39 is 0 Å². The summed E-state index contributed by atoms with van der Waals surface area (Å²) in [6, 6.07) is 7.97. The van der Waals surface area contributed by atoms with E-state index in [1.807, 2.05) is 31.2 Å². The highest BCUT2D eigenvalue weighted by atomic mass is 16.5. The zero-order valence-electron chi connectivity index (χ0n) is 17.1. The first-order chi connectivity index (χ1) is 14.7. The smallest absolute Gasteiger partial charge is 0.240 e. The molecule has 1 saturated heterocycles. The van der Waals surface area contributed by atoms with Crippen LogP contribution in [0.3, 0.4) is 0 Å². The third-order valence-electron chi connectivity index (χ3n) is 5.59. The molecule has 0 aliphatic carbocycles. The van der Waals surface area contributed by atoms with E-state index in [1.54, 1.807) is 13.4 Å². The van der Waals surface area contributed by atoms with Gasteiger partial charge in [-0.3, -0.25) is 4.90 Å². The summed E-state index contributed by atoms with van der Waals surface area (Å²) in [6.07, 6.45) is 2.45. The van der Waals surface area contributed by atoms with Crippen LogP contribution in [0.2, 0.25) is 0 Å². The molecule has 0 saturated carbocycles. The Kier molecular flexibility index (Phi) is 5.06. The minimum Gasteiger partial charge on any atom is -0.450 e. The lowest BCUT2D eigenvalue weighted by atomic mass is 10.2. The van der Waals surface area contributed by atoms with Crippen LogP contribution < -0.4 is 4.90 Å². The summed E-state index contributed by atoms with van der Waals surface area (Å²) >= 11 is 0. The second-order valence-corrected chi connectivity index (χ2v) is 7.51. The lowest BCUT2D eigenvalue weighted by Crippen LogP contribution is -2.31. The first-order valence-corrected chi connectivity index (χ1v) is 10.2. The molecule has 5 rings (SSSR count). The maximum absolute atomic E-state index is 6.11. The van der Waals surface area contributed by atoms with Crippen molar-refractivity contribution in [2.24, 2.45) is 0 Å². The monoisotopic (exact) mass is 408 g/mol. The first kappa shape index (κ1) is 19.0. The van der Waals surface area contributed by atoms with Gasteiger partial charge in [0.25, 0.3) is 0 Å². The van der Waals surface area contributed by atoms with Crippen molar-refractivity contribution in [3.05, 3.63) is 42.3 Å². The molecule has 1 aliphatic rings. The van der Waals surface area contributed by atoms with Crippen molar-refractivity contribution in [2.75, 3.05) is 38.2 Å². The molecular formula is C21H24N6O3. The van der Waals surface area contributed by atoms with Crippen molar-refractivity contribution in [3.63, 3.8) is 0 Å². The van der Waals surface area contributed by atoms with Gasteiger partial charge in [0.1, 0.15) is 23.5 Å². The average molecular weight is 408 g/mol. The SMILES string of the molecule is COC(C)c1noc(CN2CCCN(c3ncnc4c3oc3ccccc34)CC2)n1. The highest BCUT2D eigenvalue weighted by Crippen LogP contribution is 2.32. The van der Waals surface area contributed by atoms with Gasteiger partial charge in [0.15, 0.2) is 17.2 Å². The molecule has 3 aromatic heterocycles. The Morgan fingerprint density at radius 3 is 2.93 bits per heavy atom. The Labute approximate surface area is 173 Å². The van der Waals surface area contributed by atoms with Crippen LogP contribution in [0.4, 0.5) is 5.82 Å².